The minimum Gasteiger partial charge on any atom is -0.487 e. The van der Waals surface area contributed by atoms with Crippen molar-refractivity contribution >= 4 is 25.1 Å². The van der Waals surface area contributed by atoms with Gasteiger partial charge in [0.25, 0.3) is 0 Å². The molecular formula is C48H40O10. The fraction of sp³-hybridized carbons (Fsp3) is 0.167. The molecule has 1 aliphatic rings. The van der Waals surface area contributed by atoms with Gasteiger partial charge in [0.1, 0.15) is 51.6 Å². The molecule has 0 bridgehead atoms. The van der Waals surface area contributed by atoms with Gasteiger partial charge in [-0.3, -0.25) is 19.2 Å². The Morgan fingerprint density at radius 1 is 0.293 bits per heavy atom. The quantitative estimate of drug-likeness (QED) is 0.139. The molecule has 1 aliphatic heterocycles. The minimum absolute atomic E-state index is 0.219. The molecule has 6 aromatic rings. The van der Waals surface area contributed by atoms with E-state index in [0.717, 1.165) is 69.7 Å². The molecule has 0 N–H and O–H groups in total. The van der Waals surface area contributed by atoms with Gasteiger partial charge in [0.2, 0.25) is 0 Å². The normalized spacial score (nSPS) is 13.7. The van der Waals surface area contributed by atoms with Crippen LogP contribution in [0.1, 0.15) is 41.4 Å². The van der Waals surface area contributed by atoms with Gasteiger partial charge >= 0.3 is 0 Å². The molecule has 0 saturated heterocycles. The molecule has 6 aromatic carbocycles. The van der Waals surface area contributed by atoms with Crippen molar-refractivity contribution in [2.24, 2.45) is 0 Å². The summed E-state index contributed by atoms with van der Waals surface area (Å²) in [5, 5.41) is 0. The van der Waals surface area contributed by atoms with E-state index in [1.165, 1.54) is 0 Å². The lowest BCUT2D eigenvalue weighted by molar-refractivity contribution is 0.0641. The maximum atomic E-state index is 11.4. The molecule has 0 spiro atoms. The number of hydrogen-bond acceptors (Lipinski definition) is 10. The Labute approximate surface area is 335 Å². The van der Waals surface area contributed by atoms with Crippen molar-refractivity contribution in [2.75, 3.05) is 52.9 Å². The minimum atomic E-state index is 0.219. The largest absolute Gasteiger partial charge is 0.487 e. The first-order valence-electron chi connectivity index (χ1n) is 18.8. The second kappa shape index (κ2) is 19.3. The van der Waals surface area contributed by atoms with Gasteiger partial charge in [-0.25, -0.2) is 0 Å². The Kier molecular flexibility index (Phi) is 13.1. The summed E-state index contributed by atoms with van der Waals surface area (Å²) in [5.74, 6) is 2.02. The van der Waals surface area contributed by atoms with Crippen LogP contribution in [0.25, 0.3) is 44.5 Å². The van der Waals surface area contributed by atoms with E-state index in [1.807, 2.05) is 72.8 Å². The monoisotopic (exact) mass is 776 g/mol. The summed E-state index contributed by atoms with van der Waals surface area (Å²) in [5.41, 5.74) is 9.11. The van der Waals surface area contributed by atoms with E-state index >= 15 is 0 Å². The van der Waals surface area contributed by atoms with Crippen LogP contribution in [-0.4, -0.2) is 78.0 Å². The standard InChI is InChI=1S/C48H40O10/c49-29-33-1-9-37(10-2-33)41-25-45-46(26-42(41)38-11-3-34(30-50)4-12-38)56-22-18-54-20-24-58-48-28-44(40-15-7-36(32-52)8-16-40)43(39-13-5-35(31-51)6-14-39)27-47(48)57-23-19-53-17-21-55-45/h1-16,25-32H,17-24H2. The van der Waals surface area contributed by atoms with Crippen molar-refractivity contribution in [3.8, 4) is 67.5 Å². The third-order valence-corrected chi connectivity index (χ3v) is 9.54. The van der Waals surface area contributed by atoms with Crippen LogP contribution in [-0.2, 0) is 9.47 Å². The maximum absolute atomic E-state index is 11.4. The molecule has 0 aliphatic carbocycles. The molecule has 0 saturated carbocycles. The molecule has 292 valence electrons. The van der Waals surface area contributed by atoms with Crippen LogP contribution in [0.2, 0.25) is 0 Å². The van der Waals surface area contributed by atoms with Crippen molar-refractivity contribution in [2.45, 2.75) is 0 Å². The number of hydrogen-bond donors (Lipinski definition) is 0. The summed E-state index contributed by atoms with van der Waals surface area (Å²) in [6, 6.07) is 36.8. The lowest BCUT2D eigenvalue weighted by Crippen LogP contribution is -2.15. The van der Waals surface area contributed by atoms with Crippen molar-refractivity contribution in [1.29, 1.82) is 0 Å². The zero-order valence-corrected chi connectivity index (χ0v) is 31.6. The number of carbonyl (C=O) groups is 4. The van der Waals surface area contributed by atoms with Crippen molar-refractivity contribution < 1.29 is 47.6 Å². The average Bonchev–Trinajstić information content (AvgIpc) is 3.28. The number of benzene rings is 6. The molecule has 0 radical (unpaired) electrons. The molecule has 0 aromatic heterocycles. The second-order valence-corrected chi connectivity index (χ2v) is 13.3. The van der Waals surface area contributed by atoms with E-state index in [-0.39, 0.29) is 52.9 Å². The van der Waals surface area contributed by atoms with E-state index in [2.05, 4.69) is 0 Å². The highest BCUT2D eigenvalue weighted by Crippen LogP contribution is 2.43. The van der Waals surface area contributed by atoms with E-state index in [0.29, 0.717) is 45.3 Å². The lowest BCUT2D eigenvalue weighted by Gasteiger charge is -2.20. The molecule has 0 atom stereocenters. The third kappa shape index (κ3) is 9.55. The van der Waals surface area contributed by atoms with E-state index < -0.39 is 0 Å². The summed E-state index contributed by atoms with van der Waals surface area (Å²) in [6.07, 6.45) is 3.21. The molecular weight excluding hydrogens is 737 g/mol. The molecule has 7 rings (SSSR count). The molecule has 0 unspecified atom stereocenters. The number of fused-ring (bicyclic) bond motifs is 2. The van der Waals surface area contributed by atoms with E-state index in [1.54, 1.807) is 48.5 Å². The number of carbonyl (C=O) groups excluding carboxylic acids is 4. The van der Waals surface area contributed by atoms with Crippen molar-refractivity contribution in [3.63, 3.8) is 0 Å². The predicted octanol–water partition coefficient (Wildman–Crippen LogP) is 8.87. The molecule has 1 heterocycles. The summed E-state index contributed by atoms with van der Waals surface area (Å²) in [4.78, 5) is 45.6. The van der Waals surface area contributed by atoms with Gasteiger partial charge in [-0.1, -0.05) is 97.1 Å². The van der Waals surface area contributed by atoms with Crippen LogP contribution in [0.4, 0.5) is 0 Å². The first-order chi connectivity index (χ1) is 28.6. The average molecular weight is 777 g/mol. The zero-order chi connectivity index (χ0) is 40.1. The second-order valence-electron chi connectivity index (χ2n) is 13.3. The van der Waals surface area contributed by atoms with E-state index in [4.69, 9.17) is 28.4 Å². The summed E-state index contributed by atoms with van der Waals surface area (Å²) >= 11 is 0. The highest BCUT2D eigenvalue weighted by Gasteiger charge is 2.18. The highest BCUT2D eigenvalue weighted by molar-refractivity contribution is 5.89. The molecule has 58 heavy (non-hydrogen) atoms. The zero-order valence-electron chi connectivity index (χ0n) is 31.6. The van der Waals surface area contributed by atoms with Gasteiger partial charge in [-0.15, -0.1) is 0 Å². The molecule has 10 heteroatoms. The van der Waals surface area contributed by atoms with Crippen molar-refractivity contribution in [1.82, 2.24) is 0 Å². The summed E-state index contributed by atoms with van der Waals surface area (Å²) in [7, 11) is 0. The fourth-order valence-electron chi connectivity index (χ4n) is 6.54. The number of aldehydes is 4. The highest BCUT2D eigenvalue weighted by atomic mass is 16.6. The van der Waals surface area contributed by atoms with Gasteiger partial charge in [0.05, 0.1) is 26.4 Å². The van der Waals surface area contributed by atoms with Gasteiger partial charge in [-0.05, 0) is 68.8 Å². The fourth-order valence-corrected chi connectivity index (χ4v) is 6.54. The predicted molar refractivity (Wildman–Crippen MR) is 220 cm³/mol. The Morgan fingerprint density at radius 3 is 0.690 bits per heavy atom. The number of rotatable bonds is 8. The van der Waals surface area contributed by atoms with Crippen LogP contribution >= 0.6 is 0 Å². The molecule has 0 fully saturated rings. The van der Waals surface area contributed by atoms with Crippen LogP contribution in [0, 0.1) is 0 Å². The van der Waals surface area contributed by atoms with Crippen LogP contribution in [0.5, 0.6) is 23.0 Å². The van der Waals surface area contributed by atoms with Gasteiger partial charge in [-0.2, -0.15) is 0 Å². The van der Waals surface area contributed by atoms with E-state index in [9.17, 15) is 19.2 Å². The third-order valence-electron chi connectivity index (χ3n) is 9.54. The Bertz CT molecular complexity index is 2020. The summed E-state index contributed by atoms with van der Waals surface area (Å²) < 4.78 is 37.0. The summed E-state index contributed by atoms with van der Waals surface area (Å²) in [6.45, 7) is 1.92. The van der Waals surface area contributed by atoms with Crippen LogP contribution in [0.3, 0.4) is 0 Å². The Balaban J connectivity index is 1.14. The van der Waals surface area contributed by atoms with Gasteiger partial charge in [0, 0.05) is 22.3 Å². The van der Waals surface area contributed by atoms with Gasteiger partial charge in [0.15, 0.2) is 23.0 Å². The Hall–Kier alpha value is -6.88. The van der Waals surface area contributed by atoms with Crippen molar-refractivity contribution in [3.05, 3.63) is 144 Å². The molecule has 10 nitrogen and oxygen atoms in total. The smallest absolute Gasteiger partial charge is 0.161 e. The van der Waals surface area contributed by atoms with Gasteiger partial charge < -0.3 is 28.4 Å². The maximum Gasteiger partial charge on any atom is 0.161 e. The van der Waals surface area contributed by atoms with Crippen LogP contribution in [0.15, 0.2) is 121 Å². The SMILES string of the molecule is O=Cc1ccc(-c2cc3c(cc2-c2ccc(C=O)cc2)OCCOCCOc2cc(-c4ccc(C=O)cc4)c(-c4ccc(C=O)cc4)cc2OCCOCCO3)cc1. The van der Waals surface area contributed by atoms with Crippen LogP contribution < -0.4 is 18.9 Å². The topological polar surface area (TPSA) is 124 Å². The number of ether oxygens (including phenoxy) is 6. The lowest BCUT2D eigenvalue weighted by atomic mass is 9.93. The first kappa shape index (κ1) is 39.4. The molecule has 0 amide bonds. The first-order valence-corrected chi connectivity index (χ1v) is 18.8. The Morgan fingerprint density at radius 2 is 0.500 bits per heavy atom.